The molecule has 0 saturated carbocycles. The van der Waals surface area contributed by atoms with E-state index in [1.54, 1.807) is 35.6 Å². The first kappa shape index (κ1) is 12.6. The first-order valence-electron chi connectivity index (χ1n) is 6.95. The summed E-state index contributed by atoms with van der Waals surface area (Å²) in [4.78, 5) is 25.2. The van der Waals surface area contributed by atoms with Crippen molar-refractivity contribution in [2.24, 2.45) is 0 Å². The van der Waals surface area contributed by atoms with Crippen molar-refractivity contribution in [3.8, 4) is 0 Å². The third-order valence-corrected chi connectivity index (χ3v) is 3.71. The van der Waals surface area contributed by atoms with Crippen molar-refractivity contribution < 1.29 is 0 Å². The molecular weight excluding hydrogens is 276 g/mol. The molecule has 22 heavy (non-hydrogen) atoms. The Morgan fingerprint density at radius 2 is 1.82 bits per heavy atom. The van der Waals surface area contributed by atoms with Crippen LogP contribution in [0.5, 0.6) is 0 Å². The predicted molar refractivity (Wildman–Crippen MR) is 84.6 cm³/mol. The van der Waals surface area contributed by atoms with Crippen LogP contribution in [0.2, 0.25) is 0 Å². The van der Waals surface area contributed by atoms with E-state index >= 15 is 0 Å². The second kappa shape index (κ2) is 5.04. The summed E-state index contributed by atoms with van der Waals surface area (Å²) in [6, 6.07) is 11.5. The quantitative estimate of drug-likeness (QED) is 0.568. The third-order valence-electron chi connectivity index (χ3n) is 3.71. The summed E-state index contributed by atoms with van der Waals surface area (Å²) in [7, 11) is 0. The maximum atomic E-state index is 12.5. The molecule has 0 atom stereocenters. The van der Waals surface area contributed by atoms with E-state index in [1.807, 2.05) is 30.3 Å². The highest BCUT2D eigenvalue weighted by molar-refractivity contribution is 5.82. The van der Waals surface area contributed by atoms with Gasteiger partial charge in [-0.25, -0.2) is 4.98 Å². The summed E-state index contributed by atoms with van der Waals surface area (Å²) >= 11 is 0. The second-order valence-corrected chi connectivity index (χ2v) is 5.06. The number of hydrogen-bond acceptors (Lipinski definition) is 4. The maximum Gasteiger partial charge on any atom is 0.261 e. The molecule has 3 heterocycles. The first-order chi connectivity index (χ1) is 10.8. The third kappa shape index (κ3) is 2.03. The Labute approximate surface area is 125 Å². The van der Waals surface area contributed by atoms with Crippen LogP contribution in [0.15, 0.2) is 66.1 Å². The van der Waals surface area contributed by atoms with Crippen molar-refractivity contribution in [2.45, 2.75) is 6.54 Å². The maximum absolute atomic E-state index is 12.5. The molecule has 0 saturated heterocycles. The van der Waals surface area contributed by atoms with Gasteiger partial charge in [0.2, 0.25) is 0 Å². The molecule has 4 rings (SSSR count). The molecule has 0 aliphatic heterocycles. The Kier molecular flexibility index (Phi) is 2.89. The molecule has 0 aliphatic carbocycles. The molecule has 106 valence electrons. The number of aromatic nitrogens is 4. The van der Waals surface area contributed by atoms with Gasteiger partial charge in [0, 0.05) is 17.8 Å². The van der Waals surface area contributed by atoms with Crippen molar-refractivity contribution in [2.75, 3.05) is 0 Å². The van der Waals surface area contributed by atoms with Crippen LogP contribution in [0.4, 0.5) is 0 Å². The molecule has 0 N–H and O–H groups in total. The molecule has 0 aliphatic rings. The molecule has 5 heteroatoms. The topological polar surface area (TPSA) is 60.7 Å². The minimum atomic E-state index is -0.0618. The number of para-hydroxylation sites is 1. The zero-order chi connectivity index (χ0) is 14.9. The van der Waals surface area contributed by atoms with Gasteiger partial charge in [-0.2, -0.15) is 0 Å². The van der Waals surface area contributed by atoms with Crippen LogP contribution >= 0.6 is 0 Å². The average Bonchev–Trinajstić information content (AvgIpc) is 2.58. The SMILES string of the molecule is O=c1c2ccncc2ncn1Cc1ccnc2ccccc12. The lowest BCUT2D eigenvalue weighted by molar-refractivity contribution is 0.751. The highest BCUT2D eigenvalue weighted by atomic mass is 16.1. The number of pyridine rings is 2. The van der Waals surface area contributed by atoms with Gasteiger partial charge in [0.15, 0.2) is 0 Å². The fourth-order valence-corrected chi connectivity index (χ4v) is 2.60. The van der Waals surface area contributed by atoms with Crippen molar-refractivity contribution in [1.29, 1.82) is 0 Å². The zero-order valence-electron chi connectivity index (χ0n) is 11.7. The summed E-state index contributed by atoms with van der Waals surface area (Å²) in [6.45, 7) is 0.465. The molecule has 0 amide bonds. The highest BCUT2D eigenvalue weighted by Gasteiger charge is 2.07. The van der Waals surface area contributed by atoms with Gasteiger partial charge < -0.3 is 0 Å². The predicted octanol–water partition coefficient (Wildman–Crippen LogP) is 2.39. The minimum absolute atomic E-state index is 0.0618. The molecule has 1 aromatic carbocycles. The summed E-state index contributed by atoms with van der Waals surface area (Å²) in [6.07, 6.45) is 6.54. The fraction of sp³-hybridized carbons (Fsp3) is 0.0588. The molecular formula is C17H12N4O. The fourth-order valence-electron chi connectivity index (χ4n) is 2.60. The molecule has 0 bridgehead atoms. The Bertz CT molecular complexity index is 1030. The molecule has 0 radical (unpaired) electrons. The van der Waals surface area contributed by atoms with E-state index < -0.39 is 0 Å². The lowest BCUT2D eigenvalue weighted by Crippen LogP contribution is -2.21. The Balaban J connectivity index is 1.86. The van der Waals surface area contributed by atoms with E-state index in [1.165, 1.54) is 0 Å². The van der Waals surface area contributed by atoms with Crippen LogP contribution in [0, 0.1) is 0 Å². The van der Waals surface area contributed by atoms with Gasteiger partial charge in [0.05, 0.1) is 35.5 Å². The van der Waals surface area contributed by atoms with E-state index in [9.17, 15) is 4.79 Å². The second-order valence-electron chi connectivity index (χ2n) is 5.06. The van der Waals surface area contributed by atoms with Crippen molar-refractivity contribution >= 4 is 21.8 Å². The zero-order valence-corrected chi connectivity index (χ0v) is 11.7. The number of nitrogens with zero attached hydrogens (tertiary/aromatic N) is 4. The van der Waals surface area contributed by atoms with E-state index in [0.717, 1.165) is 16.5 Å². The molecule has 0 fully saturated rings. The number of rotatable bonds is 2. The monoisotopic (exact) mass is 288 g/mol. The number of fused-ring (bicyclic) bond motifs is 2. The minimum Gasteiger partial charge on any atom is -0.294 e. The van der Waals surface area contributed by atoms with Crippen molar-refractivity contribution in [3.63, 3.8) is 0 Å². The van der Waals surface area contributed by atoms with Gasteiger partial charge in [-0.3, -0.25) is 19.3 Å². The average molecular weight is 288 g/mol. The lowest BCUT2D eigenvalue weighted by atomic mass is 10.1. The van der Waals surface area contributed by atoms with Crippen LogP contribution in [0.1, 0.15) is 5.56 Å². The van der Waals surface area contributed by atoms with Crippen LogP contribution in [0.25, 0.3) is 21.8 Å². The summed E-state index contributed by atoms with van der Waals surface area (Å²) in [5.74, 6) is 0. The van der Waals surface area contributed by atoms with E-state index in [0.29, 0.717) is 17.4 Å². The summed E-state index contributed by atoms with van der Waals surface area (Å²) in [5.41, 5.74) is 2.52. The van der Waals surface area contributed by atoms with Gasteiger partial charge in [0.1, 0.15) is 0 Å². The Morgan fingerprint density at radius 3 is 2.77 bits per heavy atom. The summed E-state index contributed by atoms with van der Waals surface area (Å²) < 4.78 is 1.62. The van der Waals surface area contributed by atoms with Gasteiger partial charge >= 0.3 is 0 Å². The van der Waals surface area contributed by atoms with Crippen LogP contribution < -0.4 is 5.56 Å². The molecule has 0 unspecified atom stereocenters. The van der Waals surface area contributed by atoms with E-state index in [-0.39, 0.29) is 5.56 Å². The normalized spacial score (nSPS) is 11.1. The molecule has 3 aromatic heterocycles. The van der Waals surface area contributed by atoms with Crippen molar-refractivity contribution in [1.82, 2.24) is 19.5 Å². The number of benzene rings is 1. The highest BCUT2D eigenvalue weighted by Crippen LogP contribution is 2.16. The van der Waals surface area contributed by atoms with Gasteiger partial charge in [-0.05, 0) is 23.8 Å². The van der Waals surface area contributed by atoms with Crippen LogP contribution in [-0.2, 0) is 6.54 Å². The Morgan fingerprint density at radius 1 is 0.909 bits per heavy atom. The molecule has 0 spiro atoms. The van der Waals surface area contributed by atoms with Crippen LogP contribution in [-0.4, -0.2) is 19.5 Å². The lowest BCUT2D eigenvalue weighted by Gasteiger charge is -2.09. The van der Waals surface area contributed by atoms with Gasteiger partial charge in [0.25, 0.3) is 5.56 Å². The molecule has 5 nitrogen and oxygen atoms in total. The molecule has 4 aromatic rings. The van der Waals surface area contributed by atoms with Crippen molar-refractivity contribution in [3.05, 3.63) is 77.2 Å². The van der Waals surface area contributed by atoms with E-state index in [4.69, 9.17) is 0 Å². The Hall–Kier alpha value is -3.08. The standard InChI is InChI=1S/C17H12N4O/c22-17-14-6-7-18-9-16(14)20-11-21(17)10-12-5-8-19-15-4-2-1-3-13(12)15/h1-9,11H,10H2. The smallest absolute Gasteiger partial charge is 0.261 e. The van der Waals surface area contributed by atoms with Gasteiger partial charge in [-0.1, -0.05) is 18.2 Å². The van der Waals surface area contributed by atoms with Crippen LogP contribution in [0.3, 0.4) is 0 Å². The summed E-state index contributed by atoms with van der Waals surface area (Å²) in [5, 5.41) is 1.63. The largest absolute Gasteiger partial charge is 0.294 e. The van der Waals surface area contributed by atoms with Gasteiger partial charge in [-0.15, -0.1) is 0 Å². The van der Waals surface area contributed by atoms with E-state index in [2.05, 4.69) is 15.0 Å². The number of hydrogen-bond donors (Lipinski definition) is 0. The first-order valence-corrected chi connectivity index (χ1v) is 6.95.